The van der Waals surface area contributed by atoms with E-state index >= 15 is 0 Å². The average Bonchev–Trinajstić information content (AvgIpc) is 2.39. The minimum absolute atomic E-state index is 0. The van der Waals surface area contributed by atoms with Crippen LogP contribution in [0.5, 0.6) is 0 Å². The van der Waals surface area contributed by atoms with Crippen LogP contribution in [0, 0.1) is 10.1 Å². The maximum Gasteiger partial charge on any atom is 0.269 e. The van der Waals surface area contributed by atoms with Gasteiger partial charge in [-0.15, -0.1) is 12.4 Å². The highest BCUT2D eigenvalue weighted by molar-refractivity contribution is 7.88. The Bertz CT molecular complexity index is 591. The molecule has 118 valence electrons. The van der Waals surface area contributed by atoms with Crippen molar-refractivity contribution in [2.24, 2.45) is 0 Å². The topological polar surface area (TPSA) is 92.5 Å². The minimum atomic E-state index is -3.38. The van der Waals surface area contributed by atoms with Gasteiger partial charge >= 0.3 is 0 Å². The number of nitrogens with zero attached hydrogens (tertiary/aromatic N) is 2. The van der Waals surface area contributed by atoms with Gasteiger partial charge in [-0.05, 0) is 12.5 Å². The third kappa shape index (κ3) is 4.63. The predicted molar refractivity (Wildman–Crippen MR) is 82.0 cm³/mol. The smallest absolute Gasteiger partial charge is 0.269 e. The first kappa shape index (κ1) is 17.8. The first-order valence-electron chi connectivity index (χ1n) is 6.33. The summed E-state index contributed by atoms with van der Waals surface area (Å²) in [5.41, 5.74) is 0.517. The molecule has 0 saturated carbocycles. The van der Waals surface area contributed by atoms with E-state index in [9.17, 15) is 18.5 Å². The summed E-state index contributed by atoms with van der Waals surface area (Å²) >= 11 is 0. The lowest BCUT2D eigenvalue weighted by Gasteiger charge is -2.31. The molecule has 21 heavy (non-hydrogen) atoms. The number of halogens is 1. The molecule has 1 aliphatic heterocycles. The van der Waals surface area contributed by atoms with Gasteiger partial charge < -0.3 is 5.32 Å². The van der Waals surface area contributed by atoms with Crippen LogP contribution in [-0.4, -0.2) is 43.3 Å². The van der Waals surface area contributed by atoms with E-state index in [1.54, 1.807) is 0 Å². The Morgan fingerprint density at radius 2 is 2.00 bits per heavy atom. The number of hydrogen-bond acceptors (Lipinski definition) is 5. The molecule has 0 radical (unpaired) electrons. The number of hydrogen-bond donors (Lipinski definition) is 1. The van der Waals surface area contributed by atoms with Gasteiger partial charge in [-0.1, -0.05) is 12.1 Å². The SMILES string of the molecule is C[C@@H]1CN(S(=O)(=O)Cc2ccc([N+](=O)[O-])cc2)CCN1.Cl. The molecule has 9 heteroatoms. The van der Waals surface area contributed by atoms with E-state index < -0.39 is 14.9 Å². The summed E-state index contributed by atoms with van der Waals surface area (Å²) in [4.78, 5) is 10.0. The zero-order chi connectivity index (χ0) is 14.8. The van der Waals surface area contributed by atoms with Crippen LogP contribution in [0.25, 0.3) is 0 Å². The lowest BCUT2D eigenvalue weighted by atomic mass is 10.2. The van der Waals surface area contributed by atoms with E-state index in [-0.39, 0.29) is 29.9 Å². The first-order chi connectivity index (χ1) is 9.38. The molecule has 0 unspecified atom stereocenters. The Kier molecular flexibility index (Phi) is 6.09. The highest BCUT2D eigenvalue weighted by Crippen LogP contribution is 2.16. The molecule has 1 aliphatic rings. The monoisotopic (exact) mass is 335 g/mol. The largest absolute Gasteiger partial charge is 0.312 e. The Morgan fingerprint density at radius 1 is 1.38 bits per heavy atom. The van der Waals surface area contributed by atoms with E-state index in [1.165, 1.54) is 28.6 Å². The van der Waals surface area contributed by atoms with E-state index in [2.05, 4.69) is 5.32 Å². The summed E-state index contributed by atoms with van der Waals surface area (Å²) in [5, 5.41) is 13.7. The van der Waals surface area contributed by atoms with Crippen molar-refractivity contribution in [3.63, 3.8) is 0 Å². The minimum Gasteiger partial charge on any atom is -0.312 e. The van der Waals surface area contributed by atoms with Gasteiger partial charge in [0.1, 0.15) is 0 Å². The molecule has 1 fully saturated rings. The van der Waals surface area contributed by atoms with Crippen LogP contribution in [0.1, 0.15) is 12.5 Å². The Hall–Kier alpha value is -1.22. The highest BCUT2D eigenvalue weighted by Gasteiger charge is 2.26. The third-order valence-electron chi connectivity index (χ3n) is 3.22. The average molecular weight is 336 g/mol. The molecule has 1 aromatic rings. The van der Waals surface area contributed by atoms with Crippen molar-refractivity contribution in [2.45, 2.75) is 18.7 Å². The second-order valence-corrected chi connectivity index (χ2v) is 6.86. The van der Waals surface area contributed by atoms with Crippen LogP contribution in [0.4, 0.5) is 5.69 Å². The molecule has 1 aromatic carbocycles. The summed E-state index contributed by atoms with van der Waals surface area (Å²) < 4.78 is 26.0. The van der Waals surface area contributed by atoms with Crippen molar-refractivity contribution in [3.8, 4) is 0 Å². The van der Waals surface area contributed by atoms with E-state index in [1.807, 2.05) is 6.92 Å². The summed E-state index contributed by atoms with van der Waals surface area (Å²) in [6.45, 7) is 3.49. The van der Waals surface area contributed by atoms with Crippen LogP contribution in [0.15, 0.2) is 24.3 Å². The van der Waals surface area contributed by atoms with Crippen LogP contribution in [-0.2, 0) is 15.8 Å². The number of nitro benzene ring substituents is 1. The predicted octanol–water partition coefficient (Wildman–Crippen LogP) is 1.14. The molecule has 0 spiro atoms. The van der Waals surface area contributed by atoms with Crippen molar-refractivity contribution in [1.82, 2.24) is 9.62 Å². The van der Waals surface area contributed by atoms with Crippen LogP contribution in [0.3, 0.4) is 0 Å². The van der Waals surface area contributed by atoms with Crippen molar-refractivity contribution < 1.29 is 13.3 Å². The number of nitrogens with one attached hydrogen (secondary N) is 1. The standard InChI is InChI=1S/C12H17N3O4S.ClH/c1-10-8-14(7-6-13-10)20(18,19)9-11-2-4-12(5-3-11)15(16)17;/h2-5,10,13H,6-9H2,1H3;1H/t10-;/m1./s1. The molecule has 1 heterocycles. The fourth-order valence-electron chi connectivity index (χ4n) is 2.17. The molecule has 7 nitrogen and oxygen atoms in total. The van der Waals surface area contributed by atoms with E-state index in [0.717, 1.165) is 0 Å². The summed E-state index contributed by atoms with van der Waals surface area (Å²) in [6.07, 6.45) is 0. The second-order valence-electron chi connectivity index (χ2n) is 4.89. The lowest BCUT2D eigenvalue weighted by molar-refractivity contribution is -0.384. The third-order valence-corrected chi connectivity index (χ3v) is 5.04. The van der Waals surface area contributed by atoms with Crippen molar-refractivity contribution >= 4 is 28.1 Å². The van der Waals surface area contributed by atoms with Crippen molar-refractivity contribution in [3.05, 3.63) is 39.9 Å². The molecule has 2 rings (SSSR count). The first-order valence-corrected chi connectivity index (χ1v) is 7.94. The normalized spacial score (nSPS) is 19.8. The number of nitro groups is 1. The molecule has 0 aliphatic carbocycles. The van der Waals surface area contributed by atoms with Gasteiger partial charge in [-0.25, -0.2) is 8.42 Å². The van der Waals surface area contributed by atoms with E-state index in [0.29, 0.717) is 25.2 Å². The van der Waals surface area contributed by atoms with Gasteiger partial charge in [0.2, 0.25) is 10.0 Å². The van der Waals surface area contributed by atoms with Crippen LogP contribution >= 0.6 is 12.4 Å². The highest BCUT2D eigenvalue weighted by atomic mass is 35.5. The summed E-state index contributed by atoms with van der Waals surface area (Å²) in [5.74, 6) is -0.127. The molecule has 1 N–H and O–H groups in total. The van der Waals surface area contributed by atoms with Gasteiger partial charge in [0, 0.05) is 37.8 Å². The molecule has 0 aromatic heterocycles. The van der Waals surface area contributed by atoms with Crippen molar-refractivity contribution in [2.75, 3.05) is 19.6 Å². The molecule has 1 saturated heterocycles. The van der Waals surface area contributed by atoms with Crippen molar-refractivity contribution in [1.29, 1.82) is 0 Å². The second kappa shape index (κ2) is 7.17. The molecule has 0 bridgehead atoms. The van der Waals surface area contributed by atoms with Gasteiger partial charge in [-0.2, -0.15) is 4.31 Å². The number of sulfonamides is 1. The maximum atomic E-state index is 12.3. The van der Waals surface area contributed by atoms with Crippen LogP contribution < -0.4 is 5.32 Å². The van der Waals surface area contributed by atoms with Gasteiger partial charge in [0.25, 0.3) is 5.69 Å². The zero-order valence-corrected chi connectivity index (χ0v) is 13.2. The molecular weight excluding hydrogens is 318 g/mol. The quantitative estimate of drug-likeness (QED) is 0.658. The molecule has 0 amide bonds. The maximum absolute atomic E-state index is 12.3. The molecular formula is C12H18ClN3O4S. The fourth-order valence-corrected chi connectivity index (χ4v) is 3.78. The Labute approximate surface area is 129 Å². The van der Waals surface area contributed by atoms with Gasteiger partial charge in [0.15, 0.2) is 0 Å². The Balaban J connectivity index is 0.00000220. The zero-order valence-electron chi connectivity index (χ0n) is 11.6. The lowest BCUT2D eigenvalue weighted by Crippen LogP contribution is -2.51. The fraction of sp³-hybridized carbons (Fsp3) is 0.500. The number of non-ortho nitro benzene ring substituents is 1. The summed E-state index contributed by atoms with van der Waals surface area (Å²) in [7, 11) is -3.38. The number of rotatable bonds is 4. The van der Waals surface area contributed by atoms with Gasteiger partial charge in [0.05, 0.1) is 10.7 Å². The van der Waals surface area contributed by atoms with Crippen LogP contribution in [0.2, 0.25) is 0 Å². The van der Waals surface area contributed by atoms with Gasteiger partial charge in [-0.3, -0.25) is 10.1 Å². The van der Waals surface area contributed by atoms with E-state index in [4.69, 9.17) is 0 Å². The Morgan fingerprint density at radius 3 is 2.52 bits per heavy atom. The summed E-state index contributed by atoms with van der Waals surface area (Å²) in [6, 6.07) is 5.76. The molecule has 1 atom stereocenters. The number of benzene rings is 1. The number of piperazine rings is 1.